The maximum atomic E-state index is 12.7. The molecular formula is C22H24BrF3N2O3S. The van der Waals surface area contributed by atoms with Crippen LogP contribution in [-0.4, -0.2) is 20.4 Å². The molecule has 1 atom stereocenters. The van der Waals surface area contributed by atoms with Crippen LogP contribution in [0.2, 0.25) is 0 Å². The van der Waals surface area contributed by atoms with E-state index in [0.29, 0.717) is 25.7 Å². The van der Waals surface area contributed by atoms with Gasteiger partial charge in [0.25, 0.3) is 0 Å². The number of rotatable bonds is 6. The van der Waals surface area contributed by atoms with E-state index in [2.05, 4.69) is 26.0 Å². The van der Waals surface area contributed by atoms with E-state index in [0.717, 1.165) is 34.3 Å². The minimum atomic E-state index is -4.52. The molecule has 174 valence electrons. The van der Waals surface area contributed by atoms with E-state index < -0.39 is 21.8 Å². The quantitative estimate of drug-likeness (QED) is 0.538. The molecule has 0 saturated heterocycles. The number of hydrogen-bond donors (Lipinski definition) is 2. The summed E-state index contributed by atoms with van der Waals surface area (Å²) in [5.41, 5.74) is 0.0832. The predicted octanol–water partition coefficient (Wildman–Crippen LogP) is 5.18. The van der Waals surface area contributed by atoms with Crippen LogP contribution in [-0.2, 0) is 21.0 Å². The van der Waals surface area contributed by atoms with Gasteiger partial charge in [-0.1, -0.05) is 28.1 Å². The van der Waals surface area contributed by atoms with Crippen molar-refractivity contribution in [1.82, 2.24) is 10.0 Å². The third kappa shape index (κ3) is 6.32. The molecule has 0 unspecified atom stereocenters. The van der Waals surface area contributed by atoms with Gasteiger partial charge in [-0.2, -0.15) is 13.2 Å². The number of carbonyl (C=O) groups excluding carboxylic acids is 1. The second-order valence-electron chi connectivity index (χ2n) is 7.97. The summed E-state index contributed by atoms with van der Waals surface area (Å²) in [6.45, 7) is 1.91. The van der Waals surface area contributed by atoms with Gasteiger partial charge in [-0.3, -0.25) is 4.79 Å². The summed E-state index contributed by atoms with van der Waals surface area (Å²) in [5.74, 6) is -0.274. The first-order valence-corrected chi connectivity index (χ1v) is 12.5. The van der Waals surface area contributed by atoms with Crippen LogP contribution in [0.4, 0.5) is 13.2 Å². The third-order valence-corrected chi connectivity index (χ3v) is 7.71. The molecular weight excluding hydrogens is 509 g/mol. The zero-order valence-corrected chi connectivity index (χ0v) is 19.7. The highest BCUT2D eigenvalue weighted by molar-refractivity contribution is 9.10. The largest absolute Gasteiger partial charge is 0.416 e. The Morgan fingerprint density at radius 1 is 1.00 bits per heavy atom. The molecule has 2 aromatic carbocycles. The van der Waals surface area contributed by atoms with Gasteiger partial charge >= 0.3 is 6.18 Å². The fourth-order valence-electron chi connectivity index (χ4n) is 3.75. The van der Waals surface area contributed by atoms with Crippen LogP contribution in [0.5, 0.6) is 0 Å². The van der Waals surface area contributed by atoms with Crippen molar-refractivity contribution >= 4 is 31.9 Å². The minimum Gasteiger partial charge on any atom is -0.349 e. The average Bonchev–Trinajstić information content (AvgIpc) is 2.74. The smallest absolute Gasteiger partial charge is 0.349 e. The van der Waals surface area contributed by atoms with Gasteiger partial charge < -0.3 is 5.32 Å². The highest BCUT2D eigenvalue weighted by Crippen LogP contribution is 2.30. The van der Waals surface area contributed by atoms with Crippen molar-refractivity contribution in [3.8, 4) is 0 Å². The molecule has 2 aromatic rings. The maximum absolute atomic E-state index is 12.7. The lowest BCUT2D eigenvalue weighted by molar-refractivity contribution is -0.137. The molecule has 2 N–H and O–H groups in total. The van der Waals surface area contributed by atoms with Crippen molar-refractivity contribution in [3.05, 3.63) is 64.1 Å². The summed E-state index contributed by atoms with van der Waals surface area (Å²) in [6, 6.07) is 10.6. The van der Waals surface area contributed by atoms with Gasteiger partial charge in [0, 0.05) is 16.4 Å². The van der Waals surface area contributed by atoms with Crippen LogP contribution in [0.1, 0.15) is 49.8 Å². The highest BCUT2D eigenvalue weighted by Gasteiger charge is 2.32. The molecule has 1 aliphatic rings. The lowest BCUT2D eigenvalue weighted by Gasteiger charge is -2.29. The summed E-state index contributed by atoms with van der Waals surface area (Å²) in [5, 5.41) is 3.01. The second kappa shape index (κ2) is 9.93. The second-order valence-corrected chi connectivity index (χ2v) is 10.6. The highest BCUT2D eigenvalue weighted by atomic mass is 79.9. The van der Waals surface area contributed by atoms with Crippen LogP contribution in [0, 0.1) is 5.92 Å². The minimum absolute atomic E-state index is 0.0653. The van der Waals surface area contributed by atoms with Crippen molar-refractivity contribution in [2.45, 2.75) is 55.8 Å². The zero-order chi connectivity index (χ0) is 23.5. The van der Waals surface area contributed by atoms with Crippen LogP contribution >= 0.6 is 15.9 Å². The maximum Gasteiger partial charge on any atom is 0.416 e. The molecule has 0 bridgehead atoms. The molecule has 0 spiro atoms. The van der Waals surface area contributed by atoms with E-state index in [4.69, 9.17) is 0 Å². The summed E-state index contributed by atoms with van der Waals surface area (Å²) in [4.78, 5) is 12.4. The molecule has 0 heterocycles. The number of benzene rings is 2. The van der Waals surface area contributed by atoms with Gasteiger partial charge in [0.2, 0.25) is 15.9 Å². The molecule has 1 saturated carbocycles. The molecule has 0 aliphatic heterocycles. The Balaban J connectivity index is 1.52. The number of carbonyl (C=O) groups is 1. The molecule has 0 aromatic heterocycles. The summed E-state index contributed by atoms with van der Waals surface area (Å²) in [7, 11) is -3.94. The SMILES string of the molecule is C[C@@H](NC(=O)C1CCC(NS(=O)(=O)c2ccc(C(F)(F)F)cc2)CC1)c1ccc(Br)cc1. The molecule has 3 rings (SSSR count). The van der Waals surface area contributed by atoms with Crippen molar-refractivity contribution in [1.29, 1.82) is 0 Å². The van der Waals surface area contributed by atoms with E-state index in [1.165, 1.54) is 0 Å². The van der Waals surface area contributed by atoms with Crippen LogP contribution in [0.25, 0.3) is 0 Å². The Labute approximate surface area is 194 Å². The molecule has 32 heavy (non-hydrogen) atoms. The third-order valence-electron chi connectivity index (χ3n) is 5.64. The number of hydrogen-bond acceptors (Lipinski definition) is 3. The zero-order valence-electron chi connectivity index (χ0n) is 17.3. The number of halogens is 4. The standard InChI is InChI=1S/C22H24BrF3N2O3S/c1-14(15-2-8-18(23)9-3-15)27-21(29)16-4-10-19(11-5-16)28-32(30,31)20-12-6-17(7-13-20)22(24,25)26/h2-3,6-9,12-14,16,19,28H,4-5,10-11H2,1H3,(H,27,29)/t14-,16?,19?/m1/s1. The van der Waals surface area contributed by atoms with Gasteiger partial charge in [-0.15, -0.1) is 0 Å². The van der Waals surface area contributed by atoms with Crippen molar-refractivity contribution < 1.29 is 26.4 Å². The Morgan fingerprint density at radius 3 is 2.09 bits per heavy atom. The van der Waals surface area contributed by atoms with Gasteiger partial charge in [0.1, 0.15) is 0 Å². The molecule has 5 nitrogen and oxygen atoms in total. The van der Waals surface area contributed by atoms with Gasteiger partial charge in [-0.25, -0.2) is 13.1 Å². The van der Waals surface area contributed by atoms with E-state index in [1.807, 2.05) is 31.2 Å². The first-order chi connectivity index (χ1) is 15.0. The van der Waals surface area contributed by atoms with Crippen LogP contribution < -0.4 is 10.0 Å². The summed E-state index contributed by atoms with van der Waals surface area (Å²) < 4.78 is 66.6. The lowest BCUT2D eigenvalue weighted by atomic mass is 9.85. The van der Waals surface area contributed by atoms with Gasteiger partial charge in [0.15, 0.2) is 0 Å². The first-order valence-electron chi connectivity index (χ1n) is 10.2. The molecule has 1 amide bonds. The fraction of sp³-hybridized carbons (Fsp3) is 0.409. The number of nitrogens with one attached hydrogen (secondary N) is 2. The molecule has 0 radical (unpaired) electrons. The normalized spacial score (nSPS) is 20.5. The van der Waals surface area contributed by atoms with E-state index in [9.17, 15) is 26.4 Å². The van der Waals surface area contributed by atoms with Crippen molar-refractivity contribution in [3.63, 3.8) is 0 Å². The number of amides is 1. The molecule has 10 heteroatoms. The lowest BCUT2D eigenvalue weighted by Crippen LogP contribution is -2.41. The fourth-order valence-corrected chi connectivity index (χ4v) is 5.32. The summed E-state index contributed by atoms with van der Waals surface area (Å²) >= 11 is 3.38. The Kier molecular flexibility index (Phi) is 7.67. The van der Waals surface area contributed by atoms with Crippen LogP contribution in [0.3, 0.4) is 0 Å². The van der Waals surface area contributed by atoms with Crippen LogP contribution in [0.15, 0.2) is 57.9 Å². The van der Waals surface area contributed by atoms with E-state index in [1.54, 1.807) is 0 Å². The van der Waals surface area contributed by atoms with E-state index >= 15 is 0 Å². The number of sulfonamides is 1. The Bertz CT molecular complexity index is 1030. The molecule has 1 aliphatic carbocycles. The Hall–Kier alpha value is -1.91. The number of alkyl halides is 3. The van der Waals surface area contributed by atoms with Gasteiger partial charge in [-0.05, 0) is 74.6 Å². The van der Waals surface area contributed by atoms with Crippen molar-refractivity contribution in [2.75, 3.05) is 0 Å². The first kappa shape index (κ1) is 24.7. The summed E-state index contributed by atoms with van der Waals surface area (Å²) in [6.07, 6.45) is -2.52. The topological polar surface area (TPSA) is 75.3 Å². The Morgan fingerprint density at radius 2 is 1.56 bits per heavy atom. The monoisotopic (exact) mass is 532 g/mol. The van der Waals surface area contributed by atoms with Gasteiger partial charge in [0.05, 0.1) is 16.5 Å². The van der Waals surface area contributed by atoms with Crippen molar-refractivity contribution in [2.24, 2.45) is 5.92 Å². The predicted molar refractivity (Wildman–Crippen MR) is 118 cm³/mol. The average molecular weight is 533 g/mol. The molecule has 1 fully saturated rings. The van der Waals surface area contributed by atoms with E-state index in [-0.39, 0.29) is 28.8 Å².